The van der Waals surface area contributed by atoms with E-state index >= 15 is 0 Å². The molecule has 1 amide bonds. The molecule has 0 radical (unpaired) electrons. The van der Waals surface area contributed by atoms with Crippen molar-refractivity contribution >= 4 is 33.2 Å². The smallest absolute Gasteiger partial charge is 0.263 e. The van der Waals surface area contributed by atoms with Crippen LogP contribution in [0, 0.1) is 5.92 Å². The number of thiophene rings is 1. The van der Waals surface area contributed by atoms with Gasteiger partial charge >= 0.3 is 0 Å². The van der Waals surface area contributed by atoms with E-state index in [4.69, 9.17) is 5.73 Å². The lowest BCUT2D eigenvalue weighted by Gasteiger charge is -2.36. The average Bonchev–Trinajstić information content (AvgIpc) is 2.75. The molecule has 1 saturated heterocycles. The Labute approximate surface area is 114 Å². The summed E-state index contributed by atoms with van der Waals surface area (Å²) in [4.78, 5) is 15.0. The molecule has 17 heavy (non-hydrogen) atoms. The standard InChI is InChI=1S/C12H17BrN2OS/c1-2-8-7-15(6-5-9(8)14)12(16)10-3-4-11(13)17-10/h3-4,8-9H,2,5-7,14H2,1H3. The second-order valence-corrected chi connectivity index (χ2v) is 6.94. The molecule has 2 N–H and O–H groups in total. The molecule has 0 spiro atoms. The van der Waals surface area contributed by atoms with Crippen molar-refractivity contribution in [3.63, 3.8) is 0 Å². The van der Waals surface area contributed by atoms with Gasteiger partial charge in [0.25, 0.3) is 5.91 Å². The van der Waals surface area contributed by atoms with Crippen LogP contribution in [0.2, 0.25) is 0 Å². The number of piperidine rings is 1. The van der Waals surface area contributed by atoms with E-state index in [-0.39, 0.29) is 11.9 Å². The predicted octanol–water partition coefficient (Wildman–Crippen LogP) is 2.71. The lowest BCUT2D eigenvalue weighted by atomic mass is 9.90. The third-order valence-corrected chi connectivity index (χ3v) is 5.00. The fourth-order valence-electron chi connectivity index (χ4n) is 2.25. The lowest BCUT2D eigenvalue weighted by molar-refractivity contribution is 0.0654. The quantitative estimate of drug-likeness (QED) is 0.911. The molecule has 2 unspecified atom stereocenters. The van der Waals surface area contributed by atoms with E-state index in [2.05, 4.69) is 22.9 Å². The number of hydrogen-bond donors (Lipinski definition) is 1. The van der Waals surface area contributed by atoms with Crippen LogP contribution in [0.1, 0.15) is 29.4 Å². The maximum absolute atomic E-state index is 12.3. The summed E-state index contributed by atoms with van der Waals surface area (Å²) >= 11 is 4.88. The molecule has 1 aromatic rings. The highest BCUT2D eigenvalue weighted by molar-refractivity contribution is 9.11. The van der Waals surface area contributed by atoms with Crippen molar-refractivity contribution in [2.24, 2.45) is 11.7 Å². The van der Waals surface area contributed by atoms with Gasteiger partial charge in [-0.3, -0.25) is 4.79 Å². The number of nitrogens with two attached hydrogens (primary N) is 1. The monoisotopic (exact) mass is 316 g/mol. The third-order valence-electron chi connectivity index (χ3n) is 3.39. The molecule has 2 atom stereocenters. The van der Waals surface area contributed by atoms with Crippen LogP contribution in [-0.4, -0.2) is 29.9 Å². The Morgan fingerprint density at radius 1 is 1.65 bits per heavy atom. The summed E-state index contributed by atoms with van der Waals surface area (Å²) in [6.45, 7) is 3.72. The SMILES string of the molecule is CCC1CN(C(=O)c2ccc(Br)s2)CCC1N. The number of likely N-dealkylation sites (tertiary alicyclic amines) is 1. The van der Waals surface area contributed by atoms with Gasteiger partial charge in [0.05, 0.1) is 8.66 Å². The van der Waals surface area contributed by atoms with Gasteiger partial charge in [-0.1, -0.05) is 13.3 Å². The Balaban J connectivity index is 2.05. The van der Waals surface area contributed by atoms with E-state index in [9.17, 15) is 4.79 Å². The van der Waals surface area contributed by atoms with Crippen molar-refractivity contribution in [3.05, 3.63) is 20.8 Å². The fraction of sp³-hybridized carbons (Fsp3) is 0.583. The zero-order valence-electron chi connectivity index (χ0n) is 9.86. The van der Waals surface area contributed by atoms with E-state index in [1.165, 1.54) is 11.3 Å². The molecule has 1 aliphatic rings. The number of carbonyl (C=O) groups excluding carboxylic acids is 1. The van der Waals surface area contributed by atoms with Crippen LogP contribution in [0.15, 0.2) is 15.9 Å². The topological polar surface area (TPSA) is 46.3 Å². The molecule has 2 heterocycles. The van der Waals surface area contributed by atoms with Gasteiger partial charge < -0.3 is 10.6 Å². The van der Waals surface area contributed by atoms with E-state index in [1.807, 2.05) is 17.0 Å². The number of halogens is 1. The van der Waals surface area contributed by atoms with Crippen molar-refractivity contribution in [1.82, 2.24) is 4.90 Å². The zero-order valence-corrected chi connectivity index (χ0v) is 12.3. The van der Waals surface area contributed by atoms with Gasteiger partial charge in [0.2, 0.25) is 0 Å². The van der Waals surface area contributed by atoms with Gasteiger partial charge in [-0.2, -0.15) is 0 Å². The number of nitrogens with zero attached hydrogens (tertiary/aromatic N) is 1. The highest BCUT2D eigenvalue weighted by Gasteiger charge is 2.28. The van der Waals surface area contributed by atoms with Gasteiger partial charge in [0, 0.05) is 19.1 Å². The Morgan fingerprint density at radius 2 is 2.41 bits per heavy atom. The zero-order chi connectivity index (χ0) is 12.4. The molecule has 0 aromatic carbocycles. The maximum atomic E-state index is 12.3. The van der Waals surface area contributed by atoms with E-state index in [1.54, 1.807) is 0 Å². The molecule has 0 bridgehead atoms. The van der Waals surface area contributed by atoms with Crippen LogP contribution in [-0.2, 0) is 0 Å². The van der Waals surface area contributed by atoms with Crippen LogP contribution in [0.3, 0.4) is 0 Å². The first-order chi connectivity index (χ1) is 8.11. The molecule has 1 aromatic heterocycles. The maximum Gasteiger partial charge on any atom is 0.263 e. The number of rotatable bonds is 2. The van der Waals surface area contributed by atoms with Gasteiger partial charge in [-0.15, -0.1) is 11.3 Å². The Kier molecular flexibility index (Phi) is 4.22. The highest BCUT2D eigenvalue weighted by atomic mass is 79.9. The van der Waals surface area contributed by atoms with Crippen molar-refractivity contribution in [2.45, 2.75) is 25.8 Å². The Hall–Kier alpha value is -0.390. The van der Waals surface area contributed by atoms with Crippen LogP contribution >= 0.6 is 27.3 Å². The summed E-state index contributed by atoms with van der Waals surface area (Å²) in [5, 5.41) is 0. The molecule has 1 aliphatic heterocycles. The minimum absolute atomic E-state index is 0.144. The molecular weight excluding hydrogens is 300 g/mol. The van der Waals surface area contributed by atoms with E-state index in [0.29, 0.717) is 5.92 Å². The first-order valence-electron chi connectivity index (χ1n) is 5.92. The van der Waals surface area contributed by atoms with Crippen molar-refractivity contribution in [1.29, 1.82) is 0 Å². The summed E-state index contributed by atoms with van der Waals surface area (Å²) in [6, 6.07) is 4.05. The van der Waals surface area contributed by atoms with Crippen LogP contribution < -0.4 is 5.73 Å². The second-order valence-electron chi connectivity index (χ2n) is 4.48. The number of amides is 1. The Bertz CT molecular complexity index is 407. The number of hydrogen-bond acceptors (Lipinski definition) is 3. The highest BCUT2D eigenvalue weighted by Crippen LogP contribution is 2.26. The normalized spacial score (nSPS) is 25.0. The summed E-state index contributed by atoms with van der Waals surface area (Å²) in [5.74, 6) is 0.585. The van der Waals surface area contributed by atoms with Crippen LogP contribution in [0.5, 0.6) is 0 Å². The van der Waals surface area contributed by atoms with E-state index in [0.717, 1.165) is 34.6 Å². The molecule has 1 fully saturated rings. The average molecular weight is 317 g/mol. The summed E-state index contributed by atoms with van der Waals surface area (Å²) in [5.41, 5.74) is 6.05. The Morgan fingerprint density at radius 3 is 3.00 bits per heavy atom. The molecular formula is C12H17BrN2OS. The second kappa shape index (κ2) is 5.50. The van der Waals surface area contributed by atoms with Crippen molar-refractivity contribution in [2.75, 3.05) is 13.1 Å². The molecule has 5 heteroatoms. The molecule has 94 valence electrons. The summed E-state index contributed by atoms with van der Waals surface area (Å²) in [7, 11) is 0. The largest absolute Gasteiger partial charge is 0.338 e. The van der Waals surface area contributed by atoms with Crippen LogP contribution in [0.25, 0.3) is 0 Å². The summed E-state index contributed by atoms with van der Waals surface area (Å²) in [6.07, 6.45) is 1.95. The molecule has 3 nitrogen and oxygen atoms in total. The minimum Gasteiger partial charge on any atom is -0.338 e. The van der Waals surface area contributed by atoms with Crippen LogP contribution in [0.4, 0.5) is 0 Å². The molecule has 0 saturated carbocycles. The molecule has 0 aliphatic carbocycles. The minimum atomic E-state index is 0.144. The molecule has 2 rings (SSSR count). The predicted molar refractivity (Wildman–Crippen MR) is 74.3 cm³/mol. The van der Waals surface area contributed by atoms with Crippen molar-refractivity contribution < 1.29 is 4.79 Å². The van der Waals surface area contributed by atoms with Gasteiger partial charge in [0.15, 0.2) is 0 Å². The lowest BCUT2D eigenvalue weighted by Crippen LogP contribution is -2.48. The first-order valence-corrected chi connectivity index (χ1v) is 7.53. The third kappa shape index (κ3) is 2.89. The van der Waals surface area contributed by atoms with E-state index < -0.39 is 0 Å². The fourth-order valence-corrected chi connectivity index (χ4v) is 3.61. The first kappa shape index (κ1) is 13.1. The van der Waals surface area contributed by atoms with Gasteiger partial charge in [-0.25, -0.2) is 0 Å². The van der Waals surface area contributed by atoms with Gasteiger partial charge in [-0.05, 0) is 40.4 Å². The number of carbonyl (C=O) groups is 1. The summed E-state index contributed by atoms with van der Waals surface area (Å²) < 4.78 is 1.00. The van der Waals surface area contributed by atoms with Gasteiger partial charge in [0.1, 0.15) is 0 Å². The van der Waals surface area contributed by atoms with Crippen molar-refractivity contribution in [3.8, 4) is 0 Å².